The lowest BCUT2D eigenvalue weighted by atomic mass is 10.1. The highest BCUT2D eigenvalue weighted by Gasteiger charge is 2.01. The van der Waals surface area contributed by atoms with Crippen LogP contribution in [-0.2, 0) is 9.53 Å². The number of esters is 1. The van der Waals surface area contributed by atoms with Crippen LogP contribution in [0.2, 0.25) is 0 Å². The van der Waals surface area contributed by atoms with E-state index in [0.29, 0.717) is 13.0 Å². The van der Waals surface area contributed by atoms with E-state index in [0.717, 1.165) is 24.6 Å². The lowest BCUT2D eigenvalue weighted by molar-refractivity contribution is -0.143. The first-order chi connectivity index (χ1) is 8.31. The first-order valence-corrected chi connectivity index (χ1v) is 8.15. The molecule has 0 heterocycles. The number of carbonyl (C=O) groups excluding carboxylic acids is 1. The molecule has 0 rings (SSSR count). The van der Waals surface area contributed by atoms with Crippen molar-refractivity contribution < 1.29 is 9.53 Å². The predicted molar refractivity (Wildman–Crippen MR) is 76.6 cm³/mol. The Morgan fingerprint density at radius 2 is 1.59 bits per heavy atom. The Balaban J connectivity index is 3.08. The minimum Gasteiger partial charge on any atom is -0.466 e. The van der Waals surface area contributed by atoms with E-state index in [1.54, 1.807) is 0 Å². The molecular formula is C14H27BrO2. The van der Waals surface area contributed by atoms with Crippen molar-refractivity contribution in [1.82, 2.24) is 0 Å². The highest BCUT2D eigenvalue weighted by molar-refractivity contribution is 9.09. The van der Waals surface area contributed by atoms with Gasteiger partial charge in [-0.25, -0.2) is 0 Å². The van der Waals surface area contributed by atoms with Gasteiger partial charge in [-0.05, 0) is 19.3 Å². The van der Waals surface area contributed by atoms with Gasteiger partial charge >= 0.3 is 5.97 Å². The van der Waals surface area contributed by atoms with Gasteiger partial charge in [-0.15, -0.1) is 0 Å². The fourth-order valence-electron chi connectivity index (χ4n) is 1.68. The van der Waals surface area contributed by atoms with Crippen molar-refractivity contribution in [3.63, 3.8) is 0 Å². The van der Waals surface area contributed by atoms with E-state index < -0.39 is 0 Å². The highest BCUT2D eigenvalue weighted by Crippen LogP contribution is 2.07. The average Bonchev–Trinajstić information content (AvgIpc) is 2.33. The molecule has 0 spiro atoms. The molecule has 0 atom stereocenters. The molecule has 0 aliphatic heterocycles. The minimum absolute atomic E-state index is 0.0306. The predicted octanol–water partition coefficient (Wildman–Crippen LogP) is 4.85. The Hall–Kier alpha value is -0.0500. The lowest BCUT2D eigenvalue weighted by Crippen LogP contribution is -2.05. The molecule has 0 aliphatic carbocycles. The summed E-state index contributed by atoms with van der Waals surface area (Å²) in [6.07, 6.45) is 11.4. The van der Waals surface area contributed by atoms with E-state index in [4.69, 9.17) is 4.74 Å². The van der Waals surface area contributed by atoms with E-state index in [1.165, 1.54) is 38.5 Å². The van der Waals surface area contributed by atoms with Crippen molar-refractivity contribution in [2.45, 2.75) is 71.1 Å². The van der Waals surface area contributed by atoms with Crippen LogP contribution in [0.3, 0.4) is 0 Å². The number of alkyl halides is 1. The van der Waals surface area contributed by atoms with Crippen molar-refractivity contribution in [3.05, 3.63) is 0 Å². The SMILES string of the molecule is CCCCCCCCCOC(=O)CCCCBr. The number of ether oxygens (including phenoxy) is 1. The molecule has 102 valence electrons. The van der Waals surface area contributed by atoms with Gasteiger partial charge in [-0.2, -0.15) is 0 Å². The summed E-state index contributed by atoms with van der Waals surface area (Å²) < 4.78 is 5.16. The number of rotatable bonds is 12. The normalized spacial score (nSPS) is 10.5. The van der Waals surface area contributed by atoms with E-state index >= 15 is 0 Å². The minimum atomic E-state index is -0.0306. The van der Waals surface area contributed by atoms with Gasteiger partial charge in [0.15, 0.2) is 0 Å². The summed E-state index contributed by atoms with van der Waals surface area (Å²) in [6, 6.07) is 0. The highest BCUT2D eigenvalue weighted by atomic mass is 79.9. The Bertz CT molecular complexity index is 172. The fraction of sp³-hybridized carbons (Fsp3) is 0.929. The van der Waals surface area contributed by atoms with Gasteiger partial charge < -0.3 is 4.74 Å². The third kappa shape index (κ3) is 13.9. The van der Waals surface area contributed by atoms with Crippen LogP contribution in [0.1, 0.15) is 71.1 Å². The van der Waals surface area contributed by atoms with Crippen LogP contribution in [0, 0.1) is 0 Å². The summed E-state index contributed by atoms with van der Waals surface area (Å²) in [5.41, 5.74) is 0. The summed E-state index contributed by atoms with van der Waals surface area (Å²) in [7, 11) is 0. The first kappa shape index (κ1) is 16.9. The maximum Gasteiger partial charge on any atom is 0.305 e. The molecular weight excluding hydrogens is 280 g/mol. The number of carbonyl (C=O) groups is 1. The van der Waals surface area contributed by atoms with Gasteiger partial charge in [0.1, 0.15) is 0 Å². The molecule has 0 unspecified atom stereocenters. The zero-order valence-corrected chi connectivity index (χ0v) is 12.8. The third-order valence-electron chi connectivity index (χ3n) is 2.78. The van der Waals surface area contributed by atoms with Crippen molar-refractivity contribution >= 4 is 21.9 Å². The van der Waals surface area contributed by atoms with Crippen LogP contribution in [0.15, 0.2) is 0 Å². The zero-order chi connectivity index (χ0) is 12.8. The van der Waals surface area contributed by atoms with Gasteiger partial charge in [0.25, 0.3) is 0 Å². The molecule has 0 aromatic carbocycles. The molecule has 0 N–H and O–H groups in total. The number of hydrogen-bond donors (Lipinski definition) is 0. The Labute approximate surface area is 115 Å². The van der Waals surface area contributed by atoms with Gasteiger partial charge in [0, 0.05) is 11.8 Å². The molecule has 0 bridgehead atoms. The smallest absolute Gasteiger partial charge is 0.305 e. The van der Waals surface area contributed by atoms with Crippen molar-refractivity contribution in [2.24, 2.45) is 0 Å². The van der Waals surface area contributed by atoms with Crippen LogP contribution in [0.4, 0.5) is 0 Å². The van der Waals surface area contributed by atoms with E-state index in [-0.39, 0.29) is 5.97 Å². The molecule has 0 saturated heterocycles. The largest absolute Gasteiger partial charge is 0.466 e. The summed E-state index contributed by atoms with van der Waals surface area (Å²) >= 11 is 3.35. The first-order valence-electron chi connectivity index (χ1n) is 7.02. The molecule has 0 fully saturated rings. The maximum atomic E-state index is 11.3. The summed E-state index contributed by atoms with van der Waals surface area (Å²) in [4.78, 5) is 11.3. The second-order valence-electron chi connectivity index (χ2n) is 4.49. The summed E-state index contributed by atoms with van der Waals surface area (Å²) in [5.74, 6) is -0.0306. The Morgan fingerprint density at radius 3 is 2.24 bits per heavy atom. The molecule has 3 heteroatoms. The maximum absolute atomic E-state index is 11.3. The number of hydrogen-bond acceptors (Lipinski definition) is 2. The molecule has 0 saturated carbocycles. The Morgan fingerprint density at radius 1 is 0.941 bits per heavy atom. The van der Waals surface area contributed by atoms with Gasteiger partial charge in [-0.1, -0.05) is 61.4 Å². The molecule has 0 aliphatic rings. The van der Waals surface area contributed by atoms with E-state index in [9.17, 15) is 4.79 Å². The van der Waals surface area contributed by atoms with Crippen molar-refractivity contribution in [1.29, 1.82) is 0 Å². The molecule has 0 aromatic rings. The van der Waals surface area contributed by atoms with Crippen LogP contribution in [0.25, 0.3) is 0 Å². The van der Waals surface area contributed by atoms with Crippen LogP contribution >= 0.6 is 15.9 Å². The second kappa shape index (κ2) is 14.0. The quantitative estimate of drug-likeness (QED) is 0.293. The van der Waals surface area contributed by atoms with Crippen LogP contribution < -0.4 is 0 Å². The van der Waals surface area contributed by atoms with Crippen molar-refractivity contribution in [2.75, 3.05) is 11.9 Å². The van der Waals surface area contributed by atoms with Gasteiger partial charge in [0.2, 0.25) is 0 Å². The number of unbranched alkanes of at least 4 members (excludes halogenated alkanes) is 7. The molecule has 0 aromatic heterocycles. The lowest BCUT2D eigenvalue weighted by Gasteiger charge is -2.04. The van der Waals surface area contributed by atoms with Crippen LogP contribution in [-0.4, -0.2) is 17.9 Å². The monoisotopic (exact) mass is 306 g/mol. The van der Waals surface area contributed by atoms with Crippen molar-refractivity contribution in [3.8, 4) is 0 Å². The standard InChI is InChI=1S/C14H27BrO2/c1-2-3-4-5-6-7-10-13-17-14(16)11-8-9-12-15/h2-13H2,1H3. The number of halogens is 1. The van der Waals surface area contributed by atoms with E-state index in [2.05, 4.69) is 22.9 Å². The molecule has 17 heavy (non-hydrogen) atoms. The third-order valence-corrected chi connectivity index (χ3v) is 3.34. The second-order valence-corrected chi connectivity index (χ2v) is 5.28. The van der Waals surface area contributed by atoms with Gasteiger partial charge in [0.05, 0.1) is 6.61 Å². The summed E-state index contributed by atoms with van der Waals surface area (Å²) in [6.45, 7) is 2.84. The van der Waals surface area contributed by atoms with Gasteiger partial charge in [-0.3, -0.25) is 4.79 Å². The molecule has 0 amide bonds. The fourth-order valence-corrected chi connectivity index (χ4v) is 2.08. The van der Waals surface area contributed by atoms with Crippen LogP contribution in [0.5, 0.6) is 0 Å². The van der Waals surface area contributed by atoms with E-state index in [1.807, 2.05) is 0 Å². The molecule has 2 nitrogen and oxygen atoms in total. The summed E-state index contributed by atoms with van der Waals surface area (Å²) in [5, 5.41) is 0.970. The topological polar surface area (TPSA) is 26.3 Å². The Kier molecular flexibility index (Phi) is 14.0. The average molecular weight is 307 g/mol. The molecule has 0 radical (unpaired) electrons. The zero-order valence-electron chi connectivity index (χ0n) is 11.2.